The van der Waals surface area contributed by atoms with Gasteiger partial charge in [-0.15, -0.1) is 0 Å². The van der Waals surface area contributed by atoms with Crippen molar-refractivity contribution in [3.63, 3.8) is 0 Å². The number of hydrogen-bond acceptors (Lipinski definition) is 4. The number of fused-ring (bicyclic) bond motifs is 1. The molecule has 1 fully saturated rings. The van der Waals surface area contributed by atoms with E-state index >= 15 is 0 Å². The summed E-state index contributed by atoms with van der Waals surface area (Å²) in [5, 5.41) is 0.511. The van der Waals surface area contributed by atoms with E-state index in [1.165, 1.54) is 5.56 Å². The number of aryl methyl sites for hydroxylation is 1. The number of ether oxygens (including phenoxy) is 1. The van der Waals surface area contributed by atoms with Crippen molar-refractivity contribution in [2.75, 3.05) is 32.8 Å². The largest absolute Gasteiger partial charge is 0.494 e. The fourth-order valence-electron chi connectivity index (χ4n) is 4.00. The van der Waals surface area contributed by atoms with Crippen LogP contribution < -0.4 is 10.2 Å². The molecule has 6 heteroatoms. The topological polar surface area (TPSA) is 54.8 Å². The molecule has 0 unspecified atom stereocenters. The van der Waals surface area contributed by atoms with Crippen molar-refractivity contribution in [1.29, 1.82) is 0 Å². The highest BCUT2D eigenvalue weighted by Gasteiger charge is 2.25. The molecule has 0 spiro atoms. The first kappa shape index (κ1) is 20.2. The number of benzene rings is 2. The molecule has 2 aromatic carbocycles. The molecule has 30 heavy (non-hydrogen) atoms. The Kier molecular flexibility index (Phi) is 5.86. The molecule has 0 atom stereocenters. The zero-order valence-electron chi connectivity index (χ0n) is 17.5. The Morgan fingerprint density at radius 1 is 1.03 bits per heavy atom. The summed E-state index contributed by atoms with van der Waals surface area (Å²) in [4.78, 5) is 30.4. The zero-order valence-corrected chi connectivity index (χ0v) is 17.5. The number of nitrogens with zero attached hydrogens (tertiary/aromatic N) is 3. The fraction of sp³-hybridized carbons (Fsp3) is 0.333. The molecule has 2 heterocycles. The van der Waals surface area contributed by atoms with E-state index in [1.807, 2.05) is 48.9 Å². The van der Waals surface area contributed by atoms with Gasteiger partial charge < -0.3 is 14.2 Å². The Morgan fingerprint density at radius 2 is 1.77 bits per heavy atom. The predicted molar refractivity (Wildman–Crippen MR) is 118 cm³/mol. The van der Waals surface area contributed by atoms with Crippen LogP contribution in [0.2, 0.25) is 0 Å². The van der Waals surface area contributed by atoms with Gasteiger partial charge in [0.05, 0.1) is 17.5 Å². The van der Waals surface area contributed by atoms with Crippen LogP contribution in [0.1, 0.15) is 22.8 Å². The Labute approximate surface area is 176 Å². The van der Waals surface area contributed by atoms with Gasteiger partial charge in [-0.05, 0) is 30.7 Å². The molecule has 1 saturated heterocycles. The highest BCUT2D eigenvalue weighted by atomic mass is 16.5. The van der Waals surface area contributed by atoms with Gasteiger partial charge in [-0.3, -0.25) is 14.5 Å². The lowest BCUT2D eigenvalue weighted by atomic mass is 10.1. The van der Waals surface area contributed by atoms with E-state index in [-0.39, 0.29) is 16.9 Å². The van der Waals surface area contributed by atoms with Crippen molar-refractivity contribution in [1.82, 2.24) is 14.4 Å². The number of pyridine rings is 1. The van der Waals surface area contributed by atoms with Crippen LogP contribution >= 0.6 is 0 Å². The van der Waals surface area contributed by atoms with Gasteiger partial charge >= 0.3 is 0 Å². The Morgan fingerprint density at radius 3 is 2.47 bits per heavy atom. The van der Waals surface area contributed by atoms with Crippen molar-refractivity contribution in [3.05, 3.63) is 76.1 Å². The third kappa shape index (κ3) is 4.09. The van der Waals surface area contributed by atoms with Crippen LogP contribution in [0.15, 0.2) is 59.5 Å². The summed E-state index contributed by atoms with van der Waals surface area (Å²) in [5.74, 6) is 0.444. The fourth-order valence-corrected chi connectivity index (χ4v) is 4.00. The third-order valence-electron chi connectivity index (χ3n) is 5.61. The Hall–Kier alpha value is -3.12. The lowest BCUT2D eigenvalue weighted by Gasteiger charge is -2.34. The highest BCUT2D eigenvalue weighted by Crippen LogP contribution is 2.19. The van der Waals surface area contributed by atoms with Crippen LogP contribution in [0.4, 0.5) is 0 Å². The summed E-state index contributed by atoms with van der Waals surface area (Å²) < 4.78 is 7.38. The van der Waals surface area contributed by atoms with Crippen LogP contribution in [-0.4, -0.2) is 53.1 Å². The zero-order chi connectivity index (χ0) is 21.1. The molecule has 0 aliphatic carbocycles. The van der Waals surface area contributed by atoms with Gasteiger partial charge in [-0.25, -0.2) is 0 Å². The lowest BCUT2D eigenvalue weighted by molar-refractivity contribution is 0.0626. The molecule has 3 aromatic rings. The van der Waals surface area contributed by atoms with Gasteiger partial charge in [-0.2, -0.15) is 0 Å². The van der Waals surface area contributed by atoms with Gasteiger partial charge in [0.2, 0.25) is 5.43 Å². The molecule has 156 valence electrons. The predicted octanol–water partition coefficient (Wildman–Crippen LogP) is 2.90. The SMILES string of the molecule is CCOc1ccc2c(c1)c(=O)c(C(=O)N1CCN(Cc3ccccc3)CC1)cn2C. The number of amides is 1. The van der Waals surface area contributed by atoms with Gasteiger partial charge in [0.25, 0.3) is 5.91 Å². The van der Waals surface area contributed by atoms with Crippen LogP contribution in [0.5, 0.6) is 5.75 Å². The summed E-state index contributed by atoms with van der Waals surface area (Å²) >= 11 is 0. The number of rotatable bonds is 5. The molecule has 6 nitrogen and oxygen atoms in total. The van der Waals surface area contributed by atoms with Crippen LogP contribution in [0, 0.1) is 0 Å². The summed E-state index contributed by atoms with van der Waals surface area (Å²) in [6, 6.07) is 15.8. The first-order valence-corrected chi connectivity index (χ1v) is 10.4. The van der Waals surface area contributed by atoms with E-state index in [0.29, 0.717) is 30.8 Å². The van der Waals surface area contributed by atoms with E-state index < -0.39 is 0 Å². The minimum absolute atomic E-state index is 0.196. The minimum Gasteiger partial charge on any atom is -0.494 e. The van der Waals surface area contributed by atoms with Crippen molar-refractivity contribution in [2.24, 2.45) is 7.05 Å². The Balaban J connectivity index is 1.52. The average Bonchev–Trinajstić information content (AvgIpc) is 2.77. The number of piperazine rings is 1. The molecule has 0 radical (unpaired) electrons. The summed E-state index contributed by atoms with van der Waals surface area (Å²) in [6.45, 7) is 6.13. The molecular weight excluding hydrogens is 378 g/mol. The summed E-state index contributed by atoms with van der Waals surface area (Å²) in [5.41, 5.74) is 2.04. The van der Waals surface area contributed by atoms with Gasteiger partial charge in [0.1, 0.15) is 11.3 Å². The van der Waals surface area contributed by atoms with Crippen LogP contribution in [-0.2, 0) is 13.6 Å². The minimum atomic E-state index is -0.235. The third-order valence-corrected chi connectivity index (χ3v) is 5.61. The van der Waals surface area contributed by atoms with Crippen LogP contribution in [0.3, 0.4) is 0 Å². The molecule has 0 N–H and O–H groups in total. The standard InChI is InChI=1S/C24H27N3O3/c1-3-30-19-9-10-22-20(15-19)23(28)21(17-25(22)2)24(29)27-13-11-26(12-14-27)16-18-7-5-4-6-8-18/h4-10,15,17H,3,11-14,16H2,1-2H3. The van der Waals surface area contributed by atoms with Crippen molar-refractivity contribution in [2.45, 2.75) is 13.5 Å². The molecule has 0 saturated carbocycles. The molecular formula is C24H27N3O3. The maximum atomic E-state index is 13.2. The number of aromatic nitrogens is 1. The second kappa shape index (κ2) is 8.71. The molecule has 1 aromatic heterocycles. The molecule has 1 aliphatic heterocycles. The van der Waals surface area contributed by atoms with Crippen molar-refractivity contribution in [3.8, 4) is 5.75 Å². The van der Waals surface area contributed by atoms with E-state index in [1.54, 1.807) is 17.2 Å². The number of carbonyl (C=O) groups excluding carboxylic acids is 1. The quantitative estimate of drug-likeness (QED) is 0.655. The highest BCUT2D eigenvalue weighted by molar-refractivity contribution is 5.97. The number of carbonyl (C=O) groups is 1. The second-order valence-corrected chi connectivity index (χ2v) is 7.65. The average molecular weight is 405 g/mol. The smallest absolute Gasteiger partial charge is 0.259 e. The molecule has 1 aliphatic rings. The second-order valence-electron chi connectivity index (χ2n) is 7.65. The van der Waals surface area contributed by atoms with Gasteiger partial charge in [0.15, 0.2) is 0 Å². The van der Waals surface area contributed by atoms with Gasteiger partial charge in [-0.1, -0.05) is 30.3 Å². The normalized spacial score (nSPS) is 14.8. The number of hydrogen-bond donors (Lipinski definition) is 0. The Bertz CT molecular complexity index is 1100. The summed E-state index contributed by atoms with van der Waals surface area (Å²) in [6.07, 6.45) is 1.66. The van der Waals surface area contributed by atoms with E-state index in [2.05, 4.69) is 17.0 Å². The maximum absolute atomic E-state index is 13.2. The van der Waals surface area contributed by atoms with Crippen molar-refractivity contribution < 1.29 is 9.53 Å². The molecule has 1 amide bonds. The molecule has 4 rings (SSSR count). The van der Waals surface area contributed by atoms with Crippen molar-refractivity contribution >= 4 is 16.8 Å². The van der Waals surface area contributed by atoms with E-state index in [9.17, 15) is 9.59 Å². The monoisotopic (exact) mass is 405 g/mol. The van der Waals surface area contributed by atoms with Crippen LogP contribution in [0.25, 0.3) is 10.9 Å². The maximum Gasteiger partial charge on any atom is 0.259 e. The first-order valence-electron chi connectivity index (χ1n) is 10.4. The molecule has 0 bridgehead atoms. The lowest BCUT2D eigenvalue weighted by Crippen LogP contribution is -2.49. The van der Waals surface area contributed by atoms with Gasteiger partial charge in [0, 0.05) is 46.0 Å². The first-order chi connectivity index (χ1) is 14.6. The van der Waals surface area contributed by atoms with E-state index in [0.717, 1.165) is 25.2 Å². The van der Waals surface area contributed by atoms with E-state index in [4.69, 9.17) is 4.74 Å². The summed E-state index contributed by atoms with van der Waals surface area (Å²) in [7, 11) is 1.86.